The molecule has 4 aromatic rings. The number of likely N-dealkylation sites (N-methyl/N-ethyl adjacent to an activating group) is 1. The fourth-order valence-electron chi connectivity index (χ4n) is 5.22. The third-order valence-corrected chi connectivity index (χ3v) is 8.06. The molecule has 13 heteroatoms. The quantitative estimate of drug-likeness (QED) is 0.221. The number of benzene rings is 2. The number of ether oxygens (including phenoxy) is 1. The minimum Gasteiger partial charge on any atom is -0.494 e. The highest BCUT2D eigenvalue weighted by atomic mass is 32.2. The van der Waals surface area contributed by atoms with Crippen LogP contribution >= 0.6 is 0 Å². The highest BCUT2D eigenvalue weighted by molar-refractivity contribution is 7.92. The van der Waals surface area contributed by atoms with Crippen LogP contribution in [0, 0.1) is 0 Å². The highest BCUT2D eigenvalue weighted by Gasteiger charge is 2.26. The molecule has 1 aliphatic rings. The van der Waals surface area contributed by atoms with Crippen molar-refractivity contribution in [2.75, 3.05) is 60.8 Å². The van der Waals surface area contributed by atoms with Crippen LogP contribution in [-0.4, -0.2) is 79.8 Å². The Morgan fingerprint density at radius 1 is 1.14 bits per heavy atom. The van der Waals surface area contributed by atoms with Crippen LogP contribution in [0.1, 0.15) is 24.5 Å². The van der Waals surface area contributed by atoms with Crippen molar-refractivity contribution in [2.24, 2.45) is 0 Å². The first kappa shape index (κ1) is 30.0. The Balaban J connectivity index is 1.49. The highest BCUT2D eigenvalue weighted by Crippen LogP contribution is 2.38. The first-order chi connectivity index (χ1) is 20.6. The number of nitrogens with one attached hydrogen (secondary N) is 3. The molecule has 1 unspecified atom stereocenters. The molecule has 5 rings (SSSR count). The van der Waals surface area contributed by atoms with Gasteiger partial charge in [-0.2, -0.15) is 4.98 Å². The van der Waals surface area contributed by atoms with Gasteiger partial charge < -0.3 is 25.2 Å². The van der Waals surface area contributed by atoms with Crippen LogP contribution in [0.4, 0.5) is 34.5 Å². The van der Waals surface area contributed by atoms with Crippen LogP contribution in [0.5, 0.6) is 5.75 Å². The van der Waals surface area contributed by atoms with E-state index in [1.807, 2.05) is 0 Å². The van der Waals surface area contributed by atoms with Crippen molar-refractivity contribution in [3.05, 3.63) is 60.6 Å². The minimum atomic E-state index is -3.62. The van der Waals surface area contributed by atoms with Crippen molar-refractivity contribution in [3.8, 4) is 5.75 Å². The molecule has 1 saturated heterocycles. The molecule has 1 aliphatic heterocycles. The lowest BCUT2D eigenvalue weighted by Gasteiger charge is -2.25. The SMILES string of the molecule is C=Cc1cnc(Nc2cc(CC)c(N3CCC(N(C)C)C3)cc2OC)nc1Nc1ccc2nccnc2c1NS(C)(=O)=O. The molecular formula is C30H37N9O3S. The Hall–Kier alpha value is -4.49. The number of rotatable bonds is 11. The summed E-state index contributed by atoms with van der Waals surface area (Å²) in [7, 11) is 2.28. The van der Waals surface area contributed by atoms with Gasteiger partial charge in [0.2, 0.25) is 16.0 Å². The van der Waals surface area contributed by atoms with Crippen LogP contribution in [0.25, 0.3) is 17.1 Å². The fraction of sp³-hybridized carbons (Fsp3) is 0.333. The lowest BCUT2D eigenvalue weighted by Crippen LogP contribution is -2.31. The number of hydrogen-bond acceptors (Lipinski definition) is 11. The van der Waals surface area contributed by atoms with Gasteiger partial charge >= 0.3 is 0 Å². The van der Waals surface area contributed by atoms with Crippen LogP contribution in [0.2, 0.25) is 0 Å². The molecule has 0 aliphatic carbocycles. The van der Waals surface area contributed by atoms with Crippen molar-refractivity contribution >= 4 is 61.6 Å². The standard InChI is InChI=1S/C30H37N9O3S/c1-7-19-15-24(26(42-5)16-25(19)39-14-11-21(18-39)38(3)4)35-30-33-17-20(8-2)29(36-30)34-23-10-9-22-27(32-13-12-31-22)28(23)37-43(6,40)41/h8-10,12-13,15-17,21,37H,2,7,11,14,18H2,1,3-6H3,(H2,33,34,35,36). The Morgan fingerprint density at radius 3 is 2.60 bits per heavy atom. The molecule has 226 valence electrons. The monoisotopic (exact) mass is 603 g/mol. The van der Waals surface area contributed by atoms with Gasteiger partial charge in [-0.3, -0.25) is 14.7 Å². The molecule has 12 nitrogen and oxygen atoms in total. The minimum absolute atomic E-state index is 0.263. The second kappa shape index (κ2) is 12.4. The maximum Gasteiger partial charge on any atom is 0.229 e. The maximum atomic E-state index is 12.2. The molecule has 0 bridgehead atoms. The molecule has 1 atom stereocenters. The van der Waals surface area contributed by atoms with Gasteiger partial charge in [0, 0.05) is 55.0 Å². The van der Waals surface area contributed by atoms with Gasteiger partial charge in [-0.15, -0.1) is 0 Å². The Bertz CT molecular complexity index is 1760. The van der Waals surface area contributed by atoms with Gasteiger partial charge in [-0.1, -0.05) is 19.6 Å². The van der Waals surface area contributed by atoms with Crippen molar-refractivity contribution in [1.82, 2.24) is 24.8 Å². The molecule has 3 N–H and O–H groups in total. The van der Waals surface area contributed by atoms with E-state index < -0.39 is 10.0 Å². The number of sulfonamides is 1. The number of nitrogens with zero attached hydrogens (tertiary/aromatic N) is 6. The van der Waals surface area contributed by atoms with E-state index in [0.29, 0.717) is 45.8 Å². The lowest BCUT2D eigenvalue weighted by atomic mass is 10.1. The largest absolute Gasteiger partial charge is 0.494 e. The Labute approximate surface area is 252 Å². The summed E-state index contributed by atoms with van der Waals surface area (Å²) in [6.07, 6.45) is 9.37. The van der Waals surface area contributed by atoms with Crippen molar-refractivity contribution in [1.29, 1.82) is 0 Å². The zero-order valence-corrected chi connectivity index (χ0v) is 25.9. The van der Waals surface area contributed by atoms with E-state index in [2.05, 4.69) is 79.8 Å². The Morgan fingerprint density at radius 2 is 1.93 bits per heavy atom. The van der Waals surface area contributed by atoms with E-state index in [1.54, 1.807) is 37.7 Å². The van der Waals surface area contributed by atoms with E-state index in [0.717, 1.165) is 37.9 Å². The first-order valence-corrected chi connectivity index (χ1v) is 15.9. The zero-order chi connectivity index (χ0) is 30.7. The van der Waals surface area contributed by atoms with Crippen LogP contribution in [0.15, 0.2) is 49.4 Å². The van der Waals surface area contributed by atoms with Crippen LogP contribution in [0.3, 0.4) is 0 Å². The van der Waals surface area contributed by atoms with Gasteiger partial charge in [-0.25, -0.2) is 13.4 Å². The number of hydrogen-bond donors (Lipinski definition) is 3. The molecule has 0 saturated carbocycles. The summed E-state index contributed by atoms with van der Waals surface area (Å²) in [4.78, 5) is 22.6. The maximum absolute atomic E-state index is 12.2. The van der Waals surface area contributed by atoms with Gasteiger partial charge in [0.05, 0.1) is 35.9 Å². The van der Waals surface area contributed by atoms with E-state index in [1.165, 1.54) is 17.4 Å². The number of anilines is 6. The predicted octanol–water partition coefficient (Wildman–Crippen LogP) is 4.63. The molecule has 43 heavy (non-hydrogen) atoms. The normalized spacial score (nSPS) is 15.1. The molecular weight excluding hydrogens is 566 g/mol. The molecule has 0 amide bonds. The summed E-state index contributed by atoms with van der Waals surface area (Å²) in [6, 6.07) is 8.16. The second-order valence-corrected chi connectivity index (χ2v) is 12.4. The van der Waals surface area contributed by atoms with E-state index in [9.17, 15) is 8.42 Å². The molecule has 0 spiro atoms. The number of aryl methyl sites for hydroxylation is 1. The van der Waals surface area contributed by atoms with Gasteiger partial charge in [-0.05, 0) is 50.7 Å². The van der Waals surface area contributed by atoms with E-state index in [-0.39, 0.29) is 5.69 Å². The third kappa shape index (κ3) is 6.62. The molecule has 2 aromatic carbocycles. The summed E-state index contributed by atoms with van der Waals surface area (Å²) in [5.74, 6) is 1.43. The van der Waals surface area contributed by atoms with Gasteiger partial charge in [0.15, 0.2) is 0 Å². The van der Waals surface area contributed by atoms with Crippen LogP contribution in [-0.2, 0) is 16.4 Å². The first-order valence-electron chi connectivity index (χ1n) is 14.0. The lowest BCUT2D eigenvalue weighted by molar-refractivity contribution is 0.315. The summed E-state index contributed by atoms with van der Waals surface area (Å²) in [5, 5.41) is 6.57. The average Bonchev–Trinajstić information content (AvgIpc) is 3.48. The fourth-order valence-corrected chi connectivity index (χ4v) is 5.80. The van der Waals surface area contributed by atoms with E-state index >= 15 is 0 Å². The number of aromatic nitrogens is 4. The smallest absolute Gasteiger partial charge is 0.229 e. The topological polar surface area (TPSA) is 138 Å². The average molecular weight is 604 g/mol. The zero-order valence-electron chi connectivity index (χ0n) is 25.0. The summed E-state index contributed by atoms with van der Waals surface area (Å²) < 4.78 is 32.8. The molecule has 3 heterocycles. The number of fused-ring (bicyclic) bond motifs is 1. The second-order valence-electron chi connectivity index (χ2n) is 10.6. The summed E-state index contributed by atoms with van der Waals surface area (Å²) in [5.41, 5.74) is 5.38. The van der Waals surface area contributed by atoms with E-state index in [4.69, 9.17) is 9.72 Å². The molecule has 2 aromatic heterocycles. The Kier molecular flexibility index (Phi) is 8.64. The van der Waals surface area contributed by atoms with Crippen LogP contribution < -0.4 is 25.0 Å². The third-order valence-electron chi connectivity index (χ3n) is 7.48. The summed E-state index contributed by atoms with van der Waals surface area (Å²) in [6.45, 7) is 7.99. The molecule has 0 radical (unpaired) electrons. The number of methoxy groups -OCH3 is 1. The predicted molar refractivity (Wildman–Crippen MR) is 173 cm³/mol. The van der Waals surface area contributed by atoms with Crippen molar-refractivity contribution in [2.45, 2.75) is 25.8 Å². The van der Waals surface area contributed by atoms with Gasteiger partial charge in [0.1, 0.15) is 17.1 Å². The molecule has 1 fully saturated rings. The summed E-state index contributed by atoms with van der Waals surface area (Å²) >= 11 is 0. The van der Waals surface area contributed by atoms with Crippen molar-refractivity contribution in [3.63, 3.8) is 0 Å². The van der Waals surface area contributed by atoms with Crippen molar-refractivity contribution < 1.29 is 13.2 Å². The van der Waals surface area contributed by atoms with Gasteiger partial charge in [0.25, 0.3) is 0 Å².